The Morgan fingerprint density at radius 1 is 1.82 bits per heavy atom. The Balaban J connectivity index is 2.51. The van der Waals surface area contributed by atoms with Crippen LogP contribution in [0, 0.1) is 6.92 Å². The molecule has 0 saturated carbocycles. The lowest BCUT2D eigenvalue weighted by Crippen LogP contribution is -1.97. The third-order valence-electron chi connectivity index (χ3n) is 1.46. The molecule has 4 nitrogen and oxygen atoms in total. The van der Waals surface area contributed by atoms with Crippen molar-refractivity contribution < 1.29 is 14.4 Å². The van der Waals surface area contributed by atoms with E-state index in [1.54, 1.807) is 13.1 Å². The highest BCUT2D eigenvalue weighted by atomic mass is 16.5. The van der Waals surface area contributed by atoms with Crippen molar-refractivity contribution in [3.8, 4) is 0 Å². The molecule has 0 spiro atoms. The van der Waals surface area contributed by atoms with Gasteiger partial charge in [-0.25, -0.2) is 0 Å². The van der Waals surface area contributed by atoms with E-state index in [1.165, 1.54) is 0 Å². The lowest BCUT2D eigenvalue weighted by Gasteiger charge is -1.91. The number of aromatic nitrogens is 1. The van der Waals surface area contributed by atoms with E-state index in [-0.39, 0.29) is 6.42 Å². The maximum absolute atomic E-state index is 10.2. The van der Waals surface area contributed by atoms with Crippen LogP contribution in [0.4, 0.5) is 0 Å². The Morgan fingerprint density at radius 2 is 2.55 bits per heavy atom. The van der Waals surface area contributed by atoms with Gasteiger partial charge in [-0.15, -0.1) is 0 Å². The summed E-state index contributed by atoms with van der Waals surface area (Å²) in [6, 6.07) is 0. The quantitative estimate of drug-likeness (QED) is 0.707. The second-order valence-corrected chi connectivity index (χ2v) is 2.30. The minimum Gasteiger partial charge on any atom is -0.481 e. The number of hydrogen-bond donors (Lipinski definition) is 1. The van der Waals surface area contributed by atoms with Crippen LogP contribution in [0.1, 0.15) is 17.7 Å². The van der Waals surface area contributed by atoms with E-state index in [9.17, 15) is 4.79 Å². The average Bonchev–Trinajstić information content (AvgIpc) is 2.31. The summed E-state index contributed by atoms with van der Waals surface area (Å²) in [5.41, 5.74) is 0.868. The SMILES string of the molecule is Cc1oncc1CCC(=O)O. The maximum atomic E-state index is 10.2. The summed E-state index contributed by atoms with van der Waals surface area (Å²) in [4.78, 5) is 10.2. The predicted octanol–water partition coefficient (Wildman–Crippen LogP) is 1.00. The molecule has 1 aromatic heterocycles. The van der Waals surface area contributed by atoms with E-state index in [4.69, 9.17) is 9.63 Å². The first kappa shape index (κ1) is 7.78. The normalized spacial score (nSPS) is 9.91. The number of nitrogens with zero attached hydrogens (tertiary/aromatic N) is 1. The topological polar surface area (TPSA) is 63.3 Å². The molecule has 1 N–H and O–H groups in total. The van der Waals surface area contributed by atoms with Crippen LogP contribution in [0.15, 0.2) is 10.7 Å². The van der Waals surface area contributed by atoms with Crippen molar-refractivity contribution in [2.24, 2.45) is 0 Å². The van der Waals surface area contributed by atoms with E-state index in [0.717, 1.165) is 5.56 Å². The largest absolute Gasteiger partial charge is 0.481 e. The molecule has 60 valence electrons. The van der Waals surface area contributed by atoms with Crippen LogP contribution in [0.3, 0.4) is 0 Å². The summed E-state index contributed by atoms with van der Waals surface area (Å²) in [7, 11) is 0. The Labute approximate surface area is 63.8 Å². The van der Waals surface area contributed by atoms with Crippen LogP contribution in [-0.2, 0) is 11.2 Å². The van der Waals surface area contributed by atoms with Crippen molar-refractivity contribution in [1.82, 2.24) is 5.16 Å². The van der Waals surface area contributed by atoms with Gasteiger partial charge in [-0.2, -0.15) is 0 Å². The minimum atomic E-state index is -0.800. The van der Waals surface area contributed by atoms with E-state index in [2.05, 4.69) is 5.16 Å². The van der Waals surface area contributed by atoms with Crippen molar-refractivity contribution in [3.63, 3.8) is 0 Å². The van der Waals surface area contributed by atoms with Gasteiger partial charge in [0.05, 0.1) is 6.20 Å². The monoisotopic (exact) mass is 155 g/mol. The van der Waals surface area contributed by atoms with Crippen LogP contribution in [0.5, 0.6) is 0 Å². The Hall–Kier alpha value is -1.32. The molecular formula is C7H9NO3. The second-order valence-electron chi connectivity index (χ2n) is 2.30. The van der Waals surface area contributed by atoms with Crippen LogP contribution in [0.2, 0.25) is 0 Å². The van der Waals surface area contributed by atoms with Crippen LogP contribution < -0.4 is 0 Å². The first-order valence-corrected chi connectivity index (χ1v) is 3.32. The molecule has 0 aliphatic rings. The molecule has 0 unspecified atom stereocenters. The number of carboxylic acid groups (broad SMARTS) is 1. The van der Waals surface area contributed by atoms with Gasteiger partial charge in [0.15, 0.2) is 0 Å². The highest BCUT2D eigenvalue weighted by Gasteiger charge is 2.04. The number of hydrogen-bond acceptors (Lipinski definition) is 3. The third kappa shape index (κ3) is 2.07. The highest BCUT2D eigenvalue weighted by Crippen LogP contribution is 2.07. The van der Waals surface area contributed by atoms with Gasteiger partial charge in [0.25, 0.3) is 0 Å². The molecule has 0 amide bonds. The molecule has 1 aromatic rings. The lowest BCUT2D eigenvalue weighted by atomic mass is 10.1. The predicted molar refractivity (Wildman–Crippen MR) is 37.2 cm³/mol. The Morgan fingerprint density at radius 3 is 3.00 bits per heavy atom. The molecule has 0 aliphatic heterocycles. The summed E-state index contributed by atoms with van der Waals surface area (Å²) in [5, 5.41) is 11.9. The van der Waals surface area contributed by atoms with E-state index >= 15 is 0 Å². The minimum absolute atomic E-state index is 0.127. The molecule has 0 fully saturated rings. The van der Waals surface area contributed by atoms with Gasteiger partial charge in [0.2, 0.25) is 0 Å². The van der Waals surface area contributed by atoms with Crippen molar-refractivity contribution >= 4 is 5.97 Å². The number of carboxylic acids is 1. The molecule has 1 heterocycles. The molecule has 0 bridgehead atoms. The van der Waals surface area contributed by atoms with Gasteiger partial charge in [-0.1, -0.05) is 5.16 Å². The summed E-state index contributed by atoms with van der Waals surface area (Å²) in [6.07, 6.45) is 2.17. The number of carbonyl (C=O) groups is 1. The number of rotatable bonds is 3. The molecule has 0 saturated heterocycles. The van der Waals surface area contributed by atoms with Gasteiger partial charge >= 0.3 is 5.97 Å². The Kier molecular flexibility index (Phi) is 2.25. The van der Waals surface area contributed by atoms with E-state index < -0.39 is 5.97 Å². The van der Waals surface area contributed by atoms with Crippen molar-refractivity contribution in [2.45, 2.75) is 19.8 Å². The van der Waals surface area contributed by atoms with Crippen molar-refractivity contribution in [1.29, 1.82) is 0 Å². The summed E-state index contributed by atoms with van der Waals surface area (Å²) >= 11 is 0. The van der Waals surface area contributed by atoms with Crippen LogP contribution >= 0.6 is 0 Å². The standard InChI is InChI=1S/C7H9NO3/c1-5-6(4-8-11-5)2-3-7(9)10/h4H,2-3H2,1H3,(H,9,10). The first-order chi connectivity index (χ1) is 5.20. The number of aryl methyl sites for hydroxylation is 2. The van der Waals surface area contributed by atoms with Crippen molar-refractivity contribution in [3.05, 3.63) is 17.5 Å². The zero-order valence-corrected chi connectivity index (χ0v) is 6.20. The third-order valence-corrected chi connectivity index (χ3v) is 1.46. The average molecular weight is 155 g/mol. The fourth-order valence-corrected chi connectivity index (χ4v) is 0.801. The Bertz CT molecular complexity index is 254. The molecular weight excluding hydrogens is 146 g/mol. The molecule has 0 atom stereocenters. The maximum Gasteiger partial charge on any atom is 0.303 e. The summed E-state index contributed by atoms with van der Waals surface area (Å²) in [6.45, 7) is 1.77. The smallest absolute Gasteiger partial charge is 0.303 e. The van der Waals surface area contributed by atoms with E-state index in [1.807, 2.05) is 0 Å². The van der Waals surface area contributed by atoms with Crippen LogP contribution in [-0.4, -0.2) is 16.2 Å². The van der Waals surface area contributed by atoms with Gasteiger partial charge in [-0.3, -0.25) is 4.79 Å². The van der Waals surface area contributed by atoms with Crippen molar-refractivity contribution in [2.75, 3.05) is 0 Å². The molecule has 0 aliphatic carbocycles. The molecule has 0 aromatic carbocycles. The van der Waals surface area contributed by atoms with E-state index in [0.29, 0.717) is 12.2 Å². The van der Waals surface area contributed by atoms with Gasteiger partial charge in [0.1, 0.15) is 5.76 Å². The van der Waals surface area contributed by atoms with Crippen LogP contribution in [0.25, 0.3) is 0 Å². The summed E-state index contributed by atoms with van der Waals surface area (Å²) < 4.78 is 4.75. The molecule has 4 heteroatoms. The zero-order chi connectivity index (χ0) is 8.27. The highest BCUT2D eigenvalue weighted by molar-refractivity contribution is 5.67. The molecule has 1 rings (SSSR count). The van der Waals surface area contributed by atoms with Gasteiger partial charge < -0.3 is 9.63 Å². The second kappa shape index (κ2) is 3.18. The molecule has 0 radical (unpaired) electrons. The number of aliphatic carboxylic acids is 1. The molecule has 11 heavy (non-hydrogen) atoms. The van der Waals surface area contributed by atoms with Gasteiger partial charge in [-0.05, 0) is 13.3 Å². The summed E-state index contributed by atoms with van der Waals surface area (Å²) in [5.74, 6) is -0.100. The lowest BCUT2D eigenvalue weighted by molar-refractivity contribution is -0.136. The zero-order valence-electron chi connectivity index (χ0n) is 6.20. The fourth-order valence-electron chi connectivity index (χ4n) is 0.801. The first-order valence-electron chi connectivity index (χ1n) is 3.32. The van der Waals surface area contributed by atoms with Gasteiger partial charge in [0, 0.05) is 12.0 Å². The fraction of sp³-hybridized carbons (Fsp3) is 0.429.